The molecule has 1 atom stereocenters. The van der Waals surface area contributed by atoms with Crippen molar-refractivity contribution in [1.29, 1.82) is 0 Å². The second kappa shape index (κ2) is 8.67. The van der Waals surface area contributed by atoms with Crippen LogP contribution in [0.15, 0.2) is 30.6 Å². The molecule has 0 radical (unpaired) electrons. The highest BCUT2D eigenvalue weighted by Gasteiger charge is 2.31. The highest BCUT2D eigenvalue weighted by molar-refractivity contribution is 7.20. The molecule has 1 fully saturated rings. The maximum Gasteiger partial charge on any atom is 0.573 e. The Morgan fingerprint density at radius 1 is 1.35 bits per heavy atom. The maximum absolute atomic E-state index is 12.8. The van der Waals surface area contributed by atoms with Crippen LogP contribution >= 0.6 is 11.3 Å². The van der Waals surface area contributed by atoms with Gasteiger partial charge in [0, 0.05) is 13.2 Å². The molecule has 164 valence electrons. The monoisotopic (exact) mass is 452 g/mol. The lowest BCUT2D eigenvalue weighted by Gasteiger charge is -2.12. The second-order valence-corrected chi connectivity index (χ2v) is 8.04. The van der Waals surface area contributed by atoms with Crippen molar-refractivity contribution in [3.63, 3.8) is 0 Å². The van der Waals surface area contributed by atoms with Gasteiger partial charge < -0.3 is 20.1 Å². The number of carbonyl (C=O) groups is 1. The van der Waals surface area contributed by atoms with Gasteiger partial charge in [-0.3, -0.25) is 4.79 Å². The highest BCUT2D eigenvalue weighted by Crippen LogP contribution is 2.34. The first-order valence-electron chi connectivity index (χ1n) is 9.51. The Kier molecular flexibility index (Phi) is 5.96. The Bertz CT molecular complexity index is 1100. The van der Waals surface area contributed by atoms with Crippen LogP contribution in [-0.2, 0) is 11.3 Å². The van der Waals surface area contributed by atoms with E-state index in [4.69, 9.17) is 4.74 Å². The van der Waals surface area contributed by atoms with E-state index < -0.39 is 6.36 Å². The number of ether oxygens (including phenoxy) is 2. The van der Waals surface area contributed by atoms with Gasteiger partial charge in [0.05, 0.1) is 22.9 Å². The van der Waals surface area contributed by atoms with Crippen molar-refractivity contribution in [1.82, 2.24) is 15.3 Å². The van der Waals surface area contributed by atoms with E-state index in [0.717, 1.165) is 17.4 Å². The van der Waals surface area contributed by atoms with E-state index in [1.54, 1.807) is 6.07 Å². The fraction of sp³-hybridized carbons (Fsp3) is 0.350. The summed E-state index contributed by atoms with van der Waals surface area (Å²) in [5, 5.41) is 6.88. The lowest BCUT2D eigenvalue weighted by Crippen LogP contribution is -2.23. The highest BCUT2D eigenvalue weighted by atomic mass is 32.1. The molecule has 1 amide bonds. The molecular weight excluding hydrogens is 433 g/mol. The van der Waals surface area contributed by atoms with E-state index in [9.17, 15) is 18.0 Å². The molecule has 3 heterocycles. The molecule has 2 aromatic heterocycles. The number of hydrogen-bond acceptors (Lipinski definition) is 7. The van der Waals surface area contributed by atoms with Gasteiger partial charge >= 0.3 is 6.36 Å². The summed E-state index contributed by atoms with van der Waals surface area (Å²) in [5.74, 6) is -0.0118. The van der Waals surface area contributed by atoms with Gasteiger partial charge in [-0.15, -0.1) is 24.5 Å². The van der Waals surface area contributed by atoms with Crippen LogP contribution in [0.1, 0.15) is 27.2 Å². The maximum atomic E-state index is 12.8. The molecule has 1 aliphatic rings. The summed E-state index contributed by atoms with van der Waals surface area (Å²) in [7, 11) is 0. The number of thiophene rings is 1. The zero-order chi connectivity index (χ0) is 22.0. The van der Waals surface area contributed by atoms with Crippen LogP contribution in [0.4, 0.5) is 19.0 Å². The first-order valence-corrected chi connectivity index (χ1v) is 10.3. The molecule has 1 saturated heterocycles. The zero-order valence-electron chi connectivity index (χ0n) is 16.5. The first kappa shape index (κ1) is 21.3. The predicted octanol–water partition coefficient (Wildman–Crippen LogP) is 4.03. The van der Waals surface area contributed by atoms with E-state index in [1.807, 2.05) is 6.92 Å². The van der Waals surface area contributed by atoms with E-state index in [2.05, 4.69) is 25.3 Å². The number of anilines is 1. The fourth-order valence-electron chi connectivity index (χ4n) is 3.35. The summed E-state index contributed by atoms with van der Waals surface area (Å²) in [6.45, 7) is 3.17. The van der Waals surface area contributed by atoms with Crippen molar-refractivity contribution in [3.05, 3.63) is 46.6 Å². The number of benzene rings is 1. The minimum Gasteiger partial charge on any atom is -0.406 e. The molecule has 3 aromatic rings. The molecule has 7 nitrogen and oxygen atoms in total. The SMILES string of the molecule is Cc1c(C(=O)NCc2cccc(OC(F)(F)F)c2)sc2ncnc(NC3CCOC3)c12. The topological polar surface area (TPSA) is 85.4 Å². The van der Waals surface area contributed by atoms with Crippen molar-refractivity contribution in [3.8, 4) is 5.75 Å². The smallest absolute Gasteiger partial charge is 0.406 e. The van der Waals surface area contributed by atoms with Gasteiger partial charge in [-0.2, -0.15) is 0 Å². The number of nitrogens with zero attached hydrogens (tertiary/aromatic N) is 2. The van der Waals surface area contributed by atoms with Gasteiger partial charge in [-0.25, -0.2) is 9.97 Å². The first-order chi connectivity index (χ1) is 14.8. The van der Waals surface area contributed by atoms with E-state index in [1.165, 1.54) is 35.9 Å². The summed E-state index contributed by atoms with van der Waals surface area (Å²) in [6.07, 6.45) is -2.45. The van der Waals surface area contributed by atoms with Gasteiger partial charge in [0.1, 0.15) is 22.7 Å². The second-order valence-electron chi connectivity index (χ2n) is 7.04. The van der Waals surface area contributed by atoms with Gasteiger partial charge in [-0.05, 0) is 36.6 Å². The number of halogens is 3. The Hall–Kier alpha value is -2.92. The van der Waals surface area contributed by atoms with Crippen molar-refractivity contribution in [2.75, 3.05) is 18.5 Å². The minimum absolute atomic E-state index is 0.0533. The molecule has 1 unspecified atom stereocenters. The Balaban J connectivity index is 1.49. The molecule has 31 heavy (non-hydrogen) atoms. The third-order valence-corrected chi connectivity index (χ3v) is 5.99. The van der Waals surface area contributed by atoms with Crippen molar-refractivity contribution in [2.45, 2.75) is 32.3 Å². The average Bonchev–Trinajstić information content (AvgIpc) is 3.33. The van der Waals surface area contributed by atoms with Crippen LogP contribution in [0.5, 0.6) is 5.75 Å². The van der Waals surface area contributed by atoms with E-state index in [0.29, 0.717) is 34.3 Å². The number of rotatable bonds is 6. The number of hydrogen-bond donors (Lipinski definition) is 2. The third-order valence-electron chi connectivity index (χ3n) is 4.79. The zero-order valence-corrected chi connectivity index (χ0v) is 17.3. The molecule has 1 aromatic carbocycles. The Morgan fingerprint density at radius 2 is 2.19 bits per heavy atom. The van der Waals surface area contributed by atoms with Crippen LogP contribution in [0.2, 0.25) is 0 Å². The predicted molar refractivity (Wildman–Crippen MR) is 109 cm³/mol. The Labute approximate surface area is 179 Å². The lowest BCUT2D eigenvalue weighted by molar-refractivity contribution is -0.274. The molecule has 11 heteroatoms. The van der Waals surface area contributed by atoms with Gasteiger partial charge in [0.15, 0.2) is 0 Å². The molecule has 0 saturated carbocycles. The van der Waals surface area contributed by atoms with Crippen molar-refractivity contribution in [2.24, 2.45) is 0 Å². The van der Waals surface area contributed by atoms with E-state index in [-0.39, 0.29) is 24.2 Å². The number of fused-ring (bicyclic) bond motifs is 1. The van der Waals surface area contributed by atoms with E-state index >= 15 is 0 Å². The van der Waals surface area contributed by atoms with Crippen LogP contribution in [0.25, 0.3) is 10.2 Å². The number of alkyl halides is 3. The fourth-order valence-corrected chi connectivity index (χ4v) is 4.42. The molecule has 0 spiro atoms. The molecule has 0 bridgehead atoms. The average molecular weight is 452 g/mol. The van der Waals surface area contributed by atoms with Crippen LogP contribution in [0.3, 0.4) is 0 Å². The normalized spacial score (nSPS) is 16.5. The molecule has 1 aliphatic heterocycles. The molecule has 0 aliphatic carbocycles. The van der Waals surface area contributed by atoms with Gasteiger partial charge in [-0.1, -0.05) is 12.1 Å². The number of aromatic nitrogens is 2. The standard InChI is InChI=1S/C20H19F3N4O3S/c1-11-15-17(27-13-5-6-29-9-13)25-10-26-19(15)31-16(11)18(28)24-8-12-3-2-4-14(7-12)30-20(21,22)23/h2-4,7,10,13H,5-6,8-9H2,1H3,(H,24,28)(H,25,26,27). The summed E-state index contributed by atoms with van der Waals surface area (Å²) in [6, 6.07) is 5.65. The lowest BCUT2D eigenvalue weighted by atomic mass is 10.1. The molecule has 4 rings (SSSR count). The molecular formula is C20H19F3N4O3S. The Morgan fingerprint density at radius 3 is 2.94 bits per heavy atom. The van der Waals surface area contributed by atoms with Gasteiger partial charge in [0.2, 0.25) is 0 Å². The van der Waals surface area contributed by atoms with Crippen LogP contribution in [-0.4, -0.2) is 41.5 Å². The number of carbonyl (C=O) groups excluding carboxylic acids is 1. The minimum atomic E-state index is -4.77. The summed E-state index contributed by atoms with van der Waals surface area (Å²) < 4.78 is 46.5. The summed E-state index contributed by atoms with van der Waals surface area (Å²) >= 11 is 1.24. The van der Waals surface area contributed by atoms with Crippen molar-refractivity contribution >= 4 is 33.3 Å². The van der Waals surface area contributed by atoms with Gasteiger partial charge in [0.25, 0.3) is 5.91 Å². The van der Waals surface area contributed by atoms with Crippen LogP contribution in [0, 0.1) is 6.92 Å². The van der Waals surface area contributed by atoms with Crippen LogP contribution < -0.4 is 15.4 Å². The number of amides is 1. The third kappa shape index (κ3) is 5.05. The summed E-state index contributed by atoms with van der Waals surface area (Å²) in [4.78, 5) is 22.5. The largest absolute Gasteiger partial charge is 0.573 e. The molecule has 2 N–H and O–H groups in total. The number of nitrogens with one attached hydrogen (secondary N) is 2. The summed E-state index contributed by atoms with van der Waals surface area (Å²) in [5.41, 5.74) is 1.23. The quantitative estimate of drug-likeness (QED) is 0.588. The van der Waals surface area contributed by atoms with Crippen molar-refractivity contribution < 1.29 is 27.4 Å². The number of aryl methyl sites for hydroxylation is 1.